The van der Waals surface area contributed by atoms with Gasteiger partial charge in [0.15, 0.2) is 5.82 Å². The van der Waals surface area contributed by atoms with Crippen molar-refractivity contribution in [2.45, 2.75) is 19.9 Å². The minimum absolute atomic E-state index is 0.107. The van der Waals surface area contributed by atoms with E-state index in [1.165, 1.54) is 0 Å². The van der Waals surface area contributed by atoms with Crippen LogP contribution in [0.15, 0.2) is 18.5 Å². The van der Waals surface area contributed by atoms with Crippen LogP contribution in [0.5, 0.6) is 0 Å². The highest BCUT2D eigenvalue weighted by Gasteiger charge is 2.04. The molecule has 3 N–H and O–H groups in total. The van der Waals surface area contributed by atoms with Gasteiger partial charge in [0.05, 0.1) is 5.69 Å². The lowest BCUT2D eigenvalue weighted by molar-refractivity contribution is 0.776. The van der Waals surface area contributed by atoms with Gasteiger partial charge in [-0.05, 0) is 19.9 Å². The summed E-state index contributed by atoms with van der Waals surface area (Å²) in [5, 5.41) is 7.51. The Labute approximate surface area is 88.3 Å². The highest BCUT2D eigenvalue weighted by molar-refractivity contribution is 5.67. The largest absolute Gasteiger partial charge is 0.367 e. The molecule has 0 saturated heterocycles. The van der Waals surface area contributed by atoms with Gasteiger partial charge in [0, 0.05) is 25.0 Å². The van der Waals surface area contributed by atoms with Crippen molar-refractivity contribution >= 4 is 11.3 Å². The van der Waals surface area contributed by atoms with Crippen molar-refractivity contribution in [3.8, 4) is 0 Å². The quantitative estimate of drug-likeness (QED) is 0.777. The van der Waals surface area contributed by atoms with Gasteiger partial charge in [-0.25, -0.2) is 9.50 Å². The summed E-state index contributed by atoms with van der Waals surface area (Å²) in [7, 11) is 0. The maximum absolute atomic E-state index is 5.68. The lowest BCUT2D eigenvalue weighted by atomic mass is 10.3. The van der Waals surface area contributed by atoms with Crippen molar-refractivity contribution in [2.75, 3.05) is 11.9 Å². The molecule has 1 atom stereocenters. The molecule has 80 valence electrons. The molecule has 5 nitrogen and oxygen atoms in total. The van der Waals surface area contributed by atoms with Crippen LogP contribution in [0, 0.1) is 6.92 Å². The fourth-order valence-corrected chi connectivity index (χ4v) is 1.44. The molecule has 2 aromatic heterocycles. The van der Waals surface area contributed by atoms with E-state index >= 15 is 0 Å². The van der Waals surface area contributed by atoms with E-state index in [1.807, 2.05) is 30.6 Å². The second-order valence-corrected chi connectivity index (χ2v) is 3.75. The average molecular weight is 205 g/mol. The van der Waals surface area contributed by atoms with Crippen molar-refractivity contribution in [1.82, 2.24) is 14.6 Å². The SMILES string of the molecule is Cc1cc2c(NCC(C)N)nccn2n1. The molecule has 0 aliphatic heterocycles. The third-order valence-electron chi connectivity index (χ3n) is 2.10. The fraction of sp³-hybridized carbons (Fsp3) is 0.400. The maximum Gasteiger partial charge on any atom is 0.152 e. The second kappa shape index (κ2) is 3.86. The predicted molar refractivity (Wildman–Crippen MR) is 59.9 cm³/mol. The number of rotatable bonds is 3. The van der Waals surface area contributed by atoms with Gasteiger partial charge in [0.1, 0.15) is 5.52 Å². The first-order chi connectivity index (χ1) is 7.16. The Kier molecular flexibility index (Phi) is 2.55. The number of nitrogens with zero attached hydrogens (tertiary/aromatic N) is 3. The van der Waals surface area contributed by atoms with Crippen molar-refractivity contribution < 1.29 is 0 Å². The third-order valence-corrected chi connectivity index (χ3v) is 2.10. The van der Waals surface area contributed by atoms with Gasteiger partial charge in [-0.3, -0.25) is 0 Å². The van der Waals surface area contributed by atoms with Gasteiger partial charge in [-0.15, -0.1) is 0 Å². The smallest absolute Gasteiger partial charge is 0.152 e. The molecule has 15 heavy (non-hydrogen) atoms. The van der Waals surface area contributed by atoms with Crippen LogP contribution < -0.4 is 11.1 Å². The van der Waals surface area contributed by atoms with E-state index < -0.39 is 0 Å². The molecule has 2 heterocycles. The van der Waals surface area contributed by atoms with Crippen molar-refractivity contribution in [3.63, 3.8) is 0 Å². The average Bonchev–Trinajstić information content (AvgIpc) is 2.55. The second-order valence-electron chi connectivity index (χ2n) is 3.75. The Bertz CT molecular complexity index is 460. The summed E-state index contributed by atoms with van der Waals surface area (Å²) < 4.78 is 1.81. The van der Waals surface area contributed by atoms with Crippen LogP contribution in [0.4, 0.5) is 5.82 Å². The number of hydrogen-bond donors (Lipinski definition) is 2. The van der Waals surface area contributed by atoms with Crippen LogP contribution >= 0.6 is 0 Å². The molecule has 0 spiro atoms. The molecule has 0 aliphatic rings. The zero-order valence-electron chi connectivity index (χ0n) is 8.94. The molecular formula is C10H15N5. The van der Waals surface area contributed by atoms with E-state index in [4.69, 9.17) is 5.73 Å². The Hall–Kier alpha value is -1.62. The van der Waals surface area contributed by atoms with Gasteiger partial charge in [0.2, 0.25) is 0 Å². The standard InChI is InChI=1S/C10H15N5/c1-7(11)6-13-10-9-5-8(2)14-15(9)4-3-12-10/h3-5,7H,6,11H2,1-2H3,(H,12,13). The third kappa shape index (κ3) is 2.07. The molecule has 0 amide bonds. The van der Waals surface area contributed by atoms with Crippen LogP contribution in [0.2, 0.25) is 0 Å². The van der Waals surface area contributed by atoms with E-state index in [0.717, 1.165) is 17.0 Å². The number of anilines is 1. The number of fused-ring (bicyclic) bond motifs is 1. The molecule has 1 unspecified atom stereocenters. The topological polar surface area (TPSA) is 68.2 Å². The zero-order valence-corrected chi connectivity index (χ0v) is 8.94. The van der Waals surface area contributed by atoms with Gasteiger partial charge < -0.3 is 11.1 Å². The van der Waals surface area contributed by atoms with Crippen molar-refractivity contribution in [1.29, 1.82) is 0 Å². The molecule has 0 fully saturated rings. The molecule has 0 radical (unpaired) electrons. The van der Waals surface area contributed by atoms with E-state index in [0.29, 0.717) is 6.54 Å². The number of hydrogen-bond acceptors (Lipinski definition) is 4. The highest BCUT2D eigenvalue weighted by atomic mass is 15.2. The fourth-order valence-electron chi connectivity index (χ4n) is 1.44. The predicted octanol–water partition coefficient (Wildman–Crippen LogP) is 0.797. The van der Waals surface area contributed by atoms with Crippen LogP contribution in [0.3, 0.4) is 0 Å². The molecular weight excluding hydrogens is 190 g/mol. The molecule has 5 heteroatoms. The summed E-state index contributed by atoms with van der Waals surface area (Å²) in [6, 6.07) is 2.10. The highest BCUT2D eigenvalue weighted by Crippen LogP contribution is 2.14. The van der Waals surface area contributed by atoms with E-state index in [2.05, 4.69) is 15.4 Å². The summed E-state index contributed by atoms with van der Waals surface area (Å²) in [5.74, 6) is 0.829. The Morgan fingerprint density at radius 3 is 3.13 bits per heavy atom. The number of nitrogens with two attached hydrogens (primary N) is 1. The normalized spacial score (nSPS) is 13.0. The number of nitrogens with one attached hydrogen (secondary N) is 1. The number of aryl methyl sites for hydroxylation is 1. The van der Waals surface area contributed by atoms with Crippen LogP contribution in [-0.4, -0.2) is 27.2 Å². The molecule has 0 aliphatic carbocycles. The monoisotopic (exact) mass is 205 g/mol. The van der Waals surface area contributed by atoms with Crippen LogP contribution in [0.1, 0.15) is 12.6 Å². The summed E-state index contributed by atoms with van der Waals surface area (Å²) in [5.41, 5.74) is 7.64. The molecule has 0 saturated carbocycles. The lowest BCUT2D eigenvalue weighted by Gasteiger charge is -2.08. The summed E-state index contributed by atoms with van der Waals surface area (Å²) in [4.78, 5) is 4.26. The first-order valence-electron chi connectivity index (χ1n) is 4.97. The van der Waals surface area contributed by atoms with Gasteiger partial charge in [0.25, 0.3) is 0 Å². The van der Waals surface area contributed by atoms with E-state index in [1.54, 1.807) is 6.20 Å². The van der Waals surface area contributed by atoms with Gasteiger partial charge in [-0.2, -0.15) is 5.10 Å². The first-order valence-corrected chi connectivity index (χ1v) is 4.97. The lowest BCUT2D eigenvalue weighted by Crippen LogP contribution is -2.25. The zero-order chi connectivity index (χ0) is 10.8. The van der Waals surface area contributed by atoms with E-state index in [-0.39, 0.29) is 6.04 Å². The summed E-state index contributed by atoms with van der Waals surface area (Å²) in [6.45, 7) is 4.62. The Balaban J connectivity index is 2.33. The number of aromatic nitrogens is 3. The van der Waals surface area contributed by atoms with Gasteiger partial charge in [-0.1, -0.05) is 0 Å². The van der Waals surface area contributed by atoms with Crippen molar-refractivity contribution in [2.24, 2.45) is 5.73 Å². The molecule has 2 aromatic rings. The molecule has 0 bridgehead atoms. The van der Waals surface area contributed by atoms with E-state index in [9.17, 15) is 0 Å². The summed E-state index contributed by atoms with van der Waals surface area (Å²) in [6.07, 6.45) is 3.56. The van der Waals surface area contributed by atoms with Gasteiger partial charge >= 0.3 is 0 Å². The van der Waals surface area contributed by atoms with Crippen molar-refractivity contribution in [3.05, 3.63) is 24.2 Å². The van der Waals surface area contributed by atoms with Crippen LogP contribution in [0.25, 0.3) is 5.52 Å². The summed E-state index contributed by atoms with van der Waals surface area (Å²) >= 11 is 0. The molecule has 0 aromatic carbocycles. The maximum atomic E-state index is 5.68. The minimum atomic E-state index is 0.107. The van der Waals surface area contributed by atoms with Crippen LogP contribution in [-0.2, 0) is 0 Å². The Morgan fingerprint density at radius 2 is 2.40 bits per heavy atom. The molecule has 2 rings (SSSR count). The Morgan fingerprint density at radius 1 is 1.60 bits per heavy atom. The first kappa shape index (κ1) is 9.92. The minimum Gasteiger partial charge on any atom is -0.367 e.